The second kappa shape index (κ2) is 5.60. The van der Waals surface area contributed by atoms with Gasteiger partial charge in [0.05, 0.1) is 0 Å². The predicted molar refractivity (Wildman–Crippen MR) is 61.3 cm³/mol. The van der Waals surface area contributed by atoms with Crippen LogP contribution in [-0.2, 0) is 4.74 Å². The molecule has 0 radical (unpaired) electrons. The average molecular weight is 240 g/mol. The first-order chi connectivity index (χ1) is 8.22. The van der Waals surface area contributed by atoms with Crippen LogP contribution in [0.5, 0.6) is 0 Å². The van der Waals surface area contributed by atoms with Crippen LogP contribution in [0.15, 0.2) is 4.52 Å². The molecule has 2 unspecified atom stereocenters. The topological polar surface area (TPSA) is 68.4 Å². The highest BCUT2D eigenvalue weighted by Gasteiger charge is 2.29. The van der Waals surface area contributed by atoms with Gasteiger partial charge < -0.3 is 14.4 Å². The van der Waals surface area contributed by atoms with Crippen molar-refractivity contribution in [3.05, 3.63) is 11.7 Å². The van der Waals surface area contributed by atoms with E-state index in [-0.39, 0.29) is 12.0 Å². The summed E-state index contributed by atoms with van der Waals surface area (Å²) in [7, 11) is 1.68. The van der Waals surface area contributed by atoms with Crippen LogP contribution < -0.4 is 0 Å². The Kier molecular flexibility index (Phi) is 4.12. The molecule has 0 aromatic carbocycles. The van der Waals surface area contributed by atoms with E-state index < -0.39 is 6.10 Å². The smallest absolute Gasteiger partial charge is 0.255 e. The number of aliphatic hydroxyl groups is 1. The molecule has 0 bridgehead atoms. The third-order valence-electron chi connectivity index (χ3n) is 3.40. The highest BCUT2D eigenvalue weighted by atomic mass is 16.5. The zero-order valence-electron chi connectivity index (χ0n) is 10.4. The Morgan fingerprint density at radius 2 is 2.06 bits per heavy atom. The second-order valence-electron chi connectivity index (χ2n) is 4.72. The summed E-state index contributed by atoms with van der Waals surface area (Å²) in [6.45, 7) is 1.61. The van der Waals surface area contributed by atoms with Crippen LogP contribution in [0.4, 0.5) is 0 Å². The number of hydrogen-bond acceptors (Lipinski definition) is 5. The van der Waals surface area contributed by atoms with Crippen molar-refractivity contribution in [2.75, 3.05) is 7.11 Å². The lowest BCUT2D eigenvalue weighted by Gasteiger charge is -2.26. The predicted octanol–water partition coefficient (Wildman–Crippen LogP) is 2.39. The first kappa shape index (κ1) is 12.5. The van der Waals surface area contributed by atoms with Crippen LogP contribution >= 0.6 is 0 Å². The molecule has 2 atom stereocenters. The number of aromatic nitrogens is 2. The van der Waals surface area contributed by atoms with Crippen LogP contribution in [0.25, 0.3) is 0 Å². The monoisotopic (exact) mass is 240 g/mol. The third kappa shape index (κ3) is 2.84. The summed E-state index contributed by atoms with van der Waals surface area (Å²) in [6, 6.07) is 0. The largest absolute Gasteiger partial charge is 0.384 e. The van der Waals surface area contributed by atoms with Crippen LogP contribution in [0, 0.1) is 5.92 Å². The van der Waals surface area contributed by atoms with Gasteiger partial charge in [0.2, 0.25) is 5.82 Å². The van der Waals surface area contributed by atoms with E-state index in [2.05, 4.69) is 10.1 Å². The Balaban J connectivity index is 2.10. The fourth-order valence-electron chi connectivity index (χ4n) is 2.48. The van der Waals surface area contributed by atoms with Gasteiger partial charge in [0.15, 0.2) is 0 Å². The van der Waals surface area contributed by atoms with Crippen LogP contribution in [0.1, 0.15) is 63.0 Å². The highest BCUT2D eigenvalue weighted by Crippen LogP contribution is 2.35. The van der Waals surface area contributed by atoms with Gasteiger partial charge in [-0.25, -0.2) is 0 Å². The molecule has 1 heterocycles. The number of aliphatic hydroxyl groups excluding tert-OH is 1. The van der Waals surface area contributed by atoms with Gasteiger partial charge in [-0.2, -0.15) is 4.98 Å². The maximum absolute atomic E-state index is 9.36. The SMILES string of the molecule is COC(c1noc(C(C)O)n1)C1CCCCC1. The van der Waals surface area contributed by atoms with E-state index in [4.69, 9.17) is 9.26 Å². The molecular formula is C12H20N2O3. The number of methoxy groups -OCH3 is 1. The van der Waals surface area contributed by atoms with Gasteiger partial charge in [-0.05, 0) is 25.7 Å². The molecule has 2 rings (SSSR count). The molecule has 1 saturated carbocycles. The molecule has 17 heavy (non-hydrogen) atoms. The summed E-state index contributed by atoms with van der Waals surface area (Å²) in [5.74, 6) is 1.29. The van der Waals surface area contributed by atoms with Crippen molar-refractivity contribution >= 4 is 0 Å². The summed E-state index contributed by atoms with van der Waals surface area (Å²) in [5, 5.41) is 13.3. The minimum atomic E-state index is -0.722. The standard InChI is InChI=1S/C12H20N2O3/c1-8(15)12-13-11(14-17-12)10(16-2)9-6-4-3-5-7-9/h8-10,15H,3-7H2,1-2H3. The molecule has 96 valence electrons. The Hall–Kier alpha value is -0.940. The van der Waals surface area contributed by atoms with Gasteiger partial charge >= 0.3 is 0 Å². The first-order valence-corrected chi connectivity index (χ1v) is 6.26. The maximum Gasteiger partial charge on any atom is 0.255 e. The van der Waals surface area contributed by atoms with Crippen molar-refractivity contribution in [1.29, 1.82) is 0 Å². The zero-order chi connectivity index (χ0) is 12.3. The molecule has 5 heteroatoms. The van der Waals surface area contributed by atoms with Gasteiger partial charge in [-0.1, -0.05) is 24.4 Å². The molecule has 1 aromatic heterocycles. The van der Waals surface area contributed by atoms with Gasteiger partial charge in [0.25, 0.3) is 5.89 Å². The Labute approximate surface area is 101 Å². The lowest BCUT2D eigenvalue weighted by atomic mass is 9.85. The number of nitrogens with zero attached hydrogens (tertiary/aromatic N) is 2. The molecule has 1 aliphatic carbocycles. The van der Waals surface area contributed by atoms with E-state index in [9.17, 15) is 5.11 Å². The minimum absolute atomic E-state index is 0.105. The van der Waals surface area contributed by atoms with E-state index in [0.717, 1.165) is 12.8 Å². The minimum Gasteiger partial charge on any atom is -0.384 e. The van der Waals surface area contributed by atoms with Crippen molar-refractivity contribution < 1.29 is 14.4 Å². The summed E-state index contributed by atoms with van der Waals surface area (Å²) in [6.07, 6.45) is 5.26. The Morgan fingerprint density at radius 3 is 2.59 bits per heavy atom. The first-order valence-electron chi connectivity index (χ1n) is 6.26. The fourth-order valence-corrected chi connectivity index (χ4v) is 2.48. The summed E-state index contributed by atoms with van der Waals surface area (Å²) in [5.41, 5.74) is 0. The summed E-state index contributed by atoms with van der Waals surface area (Å²) >= 11 is 0. The van der Waals surface area contributed by atoms with Gasteiger partial charge in [-0.3, -0.25) is 0 Å². The molecule has 1 fully saturated rings. The van der Waals surface area contributed by atoms with Gasteiger partial charge in [-0.15, -0.1) is 0 Å². The lowest BCUT2D eigenvalue weighted by molar-refractivity contribution is 0.0273. The molecule has 1 aliphatic rings. The van der Waals surface area contributed by atoms with Crippen LogP contribution in [-0.4, -0.2) is 22.4 Å². The molecule has 1 aromatic rings. The van der Waals surface area contributed by atoms with E-state index in [0.29, 0.717) is 11.7 Å². The molecule has 0 spiro atoms. The second-order valence-corrected chi connectivity index (χ2v) is 4.72. The average Bonchev–Trinajstić information content (AvgIpc) is 2.81. The molecule has 0 saturated heterocycles. The third-order valence-corrected chi connectivity index (χ3v) is 3.40. The van der Waals surface area contributed by atoms with E-state index in [1.54, 1.807) is 14.0 Å². The highest BCUT2D eigenvalue weighted by molar-refractivity contribution is 4.96. The molecule has 1 N–H and O–H groups in total. The quantitative estimate of drug-likeness (QED) is 0.875. The molecule has 0 aliphatic heterocycles. The van der Waals surface area contributed by atoms with Gasteiger partial charge in [0.1, 0.15) is 12.2 Å². The lowest BCUT2D eigenvalue weighted by Crippen LogP contribution is -2.19. The summed E-state index contributed by atoms with van der Waals surface area (Å²) < 4.78 is 10.5. The Morgan fingerprint density at radius 1 is 1.35 bits per heavy atom. The van der Waals surface area contributed by atoms with Crippen molar-refractivity contribution in [2.45, 2.75) is 51.2 Å². The van der Waals surface area contributed by atoms with E-state index in [1.807, 2.05) is 0 Å². The Bertz CT molecular complexity index is 345. The van der Waals surface area contributed by atoms with E-state index >= 15 is 0 Å². The number of rotatable bonds is 4. The fraction of sp³-hybridized carbons (Fsp3) is 0.833. The van der Waals surface area contributed by atoms with Crippen molar-refractivity contribution in [1.82, 2.24) is 10.1 Å². The van der Waals surface area contributed by atoms with Crippen molar-refractivity contribution in [3.8, 4) is 0 Å². The maximum atomic E-state index is 9.36. The molecular weight excluding hydrogens is 220 g/mol. The van der Waals surface area contributed by atoms with Crippen molar-refractivity contribution in [2.24, 2.45) is 5.92 Å². The van der Waals surface area contributed by atoms with E-state index in [1.165, 1.54) is 19.3 Å². The zero-order valence-corrected chi connectivity index (χ0v) is 10.4. The normalized spacial score (nSPS) is 21.4. The molecule has 0 amide bonds. The van der Waals surface area contributed by atoms with Gasteiger partial charge in [0, 0.05) is 7.11 Å². The van der Waals surface area contributed by atoms with Crippen LogP contribution in [0.2, 0.25) is 0 Å². The number of ether oxygens (including phenoxy) is 1. The van der Waals surface area contributed by atoms with Crippen molar-refractivity contribution in [3.63, 3.8) is 0 Å². The van der Waals surface area contributed by atoms with Crippen LogP contribution in [0.3, 0.4) is 0 Å². The summed E-state index contributed by atoms with van der Waals surface area (Å²) in [4.78, 5) is 4.20. The number of hydrogen-bond donors (Lipinski definition) is 1. The molecule has 5 nitrogen and oxygen atoms in total.